The molecule has 2 nitrogen and oxygen atoms in total. The van der Waals surface area contributed by atoms with Crippen molar-refractivity contribution >= 4 is 42.1 Å². The van der Waals surface area contributed by atoms with Gasteiger partial charge in [0.1, 0.15) is 0 Å². The monoisotopic (exact) mass is 334 g/mol. The van der Waals surface area contributed by atoms with Crippen molar-refractivity contribution < 1.29 is 0 Å². The van der Waals surface area contributed by atoms with Crippen molar-refractivity contribution in [3.05, 3.63) is 65.4 Å². The fourth-order valence-electron chi connectivity index (χ4n) is 1.85. The molecule has 19 heavy (non-hydrogen) atoms. The maximum atomic E-state index is 6.06. The van der Waals surface area contributed by atoms with E-state index in [0.29, 0.717) is 0 Å². The van der Waals surface area contributed by atoms with E-state index in [1.54, 1.807) is 6.33 Å². The molecule has 0 saturated heterocycles. The van der Waals surface area contributed by atoms with Gasteiger partial charge in [-0.1, -0.05) is 0 Å². The Labute approximate surface area is 123 Å². The zero-order chi connectivity index (χ0) is 13.1. The van der Waals surface area contributed by atoms with Crippen LogP contribution < -0.4 is 4.59 Å². The van der Waals surface area contributed by atoms with Gasteiger partial charge < -0.3 is 0 Å². The minimum absolute atomic E-state index is 0.285. The van der Waals surface area contributed by atoms with Crippen LogP contribution in [0, 0.1) is 0 Å². The molecule has 4 heteroatoms. The predicted octanol–water partition coefficient (Wildman–Crippen LogP) is 2.81. The molecule has 94 valence electrons. The fourth-order valence-corrected chi connectivity index (χ4v) is 3.98. The third kappa shape index (κ3) is 2.95. The average Bonchev–Trinajstić information content (AvgIpc) is 2.46. The van der Waals surface area contributed by atoms with Gasteiger partial charge in [0.25, 0.3) is 0 Å². The van der Waals surface area contributed by atoms with Gasteiger partial charge >= 0.3 is 123 Å². The minimum atomic E-state index is 0.285. The molecule has 0 aliphatic carbocycles. The van der Waals surface area contributed by atoms with Crippen LogP contribution in [0.2, 0.25) is 5.02 Å². The Balaban J connectivity index is 1.90. The Hall–Kier alpha value is -1.41. The van der Waals surface area contributed by atoms with Crippen LogP contribution >= 0.6 is 11.6 Å². The number of benzene rings is 2. The number of aromatic nitrogens is 2. The molecule has 1 heterocycles. The van der Waals surface area contributed by atoms with E-state index in [4.69, 9.17) is 11.6 Å². The van der Waals surface area contributed by atoms with Crippen molar-refractivity contribution in [2.24, 2.45) is 0 Å². The predicted molar refractivity (Wildman–Crippen MR) is 80.1 cm³/mol. The van der Waals surface area contributed by atoms with E-state index in [1.165, 1.54) is 5.56 Å². The standard InChI is InChI=1S/C15H11ClN2Se/c16-12-6-7-14-13(8-12)15(18-10-17-14)19-9-11-4-2-1-3-5-11/h1-8,10H,9H2. The number of halogens is 1. The summed E-state index contributed by atoms with van der Waals surface area (Å²) in [6.45, 7) is 0. The summed E-state index contributed by atoms with van der Waals surface area (Å²) in [5, 5.41) is 2.84. The average molecular weight is 334 g/mol. The molecule has 0 amide bonds. The number of hydrogen-bond acceptors (Lipinski definition) is 2. The van der Waals surface area contributed by atoms with E-state index in [9.17, 15) is 0 Å². The zero-order valence-electron chi connectivity index (χ0n) is 10.1. The van der Waals surface area contributed by atoms with Gasteiger partial charge in [-0.05, 0) is 0 Å². The van der Waals surface area contributed by atoms with E-state index in [1.807, 2.05) is 24.3 Å². The van der Waals surface area contributed by atoms with Crippen LogP contribution in [0.5, 0.6) is 0 Å². The third-order valence-electron chi connectivity index (χ3n) is 2.78. The van der Waals surface area contributed by atoms with Crippen LogP contribution in [0.1, 0.15) is 5.56 Å². The van der Waals surface area contributed by atoms with Gasteiger partial charge in [-0.3, -0.25) is 0 Å². The quantitative estimate of drug-likeness (QED) is 0.689. The molecule has 0 bridgehead atoms. The van der Waals surface area contributed by atoms with Crippen LogP contribution in [0.3, 0.4) is 0 Å². The van der Waals surface area contributed by atoms with Crippen molar-refractivity contribution in [2.75, 3.05) is 0 Å². The molecule has 0 unspecified atom stereocenters. The summed E-state index contributed by atoms with van der Waals surface area (Å²) < 4.78 is 1.11. The molecule has 0 fully saturated rings. The second-order valence-electron chi connectivity index (χ2n) is 4.11. The molecular formula is C15H11ClN2Se. The molecule has 3 rings (SSSR count). The Morgan fingerprint density at radius 3 is 2.68 bits per heavy atom. The van der Waals surface area contributed by atoms with E-state index < -0.39 is 0 Å². The van der Waals surface area contributed by atoms with E-state index in [0.717, 1.165) is 25.8 Å². The summed E-state index contributed by atoms with van der Waals surface area (Å²) >= 11 is 6.34. The van der Waals surface area contributed by atoms with Crippen molar-refractivity contribution in [1.29, 1.82) is 0 Å². The van der Waals surface area contributed by atoms with Crippen LogP contribution in [0.15, 0.2) is 54.9 Å². The zero-order valence-corrected chi connectivity index (χ0v) is 12.6. The van der Waals surface area contributed by atoms with Gasteiger partial charge in [0, 0.05) is 0 Å². The first-order chi connectivity index (χ1) is 9.33. The summed E-state index contributed by atoms with van der Waals surface area (Å²) in [6, 6.07) is 16.2. The second-order valence-corrected chi connectivity index (χ2v) is 6.57. The summed E-state index contributed by atoms with van der Waals surface area (Å²) in [5.74, 6) is 0. The topological polar surface area (TPSA) is 25.8 Å². The molecule has 0 aliphatic rings. The van der Waals surface area contributed by atoms with Gasteiger partial charge in [0.05, 0.1) is 0 Å². The van der Waals surface area contributed by atoms with Crippen LogP contribution in [0.4, 0.5) is 0 Å². The van der Waals surface area contributed by atoms with Crippen LogP contribution in [-0.2, 0) is 5.32 Å². The Morgan fingerprint density at radius 1 is 1.00 bits per heavy atom. The SMILES string of the molecule is Clc1ccc2ncnc([Se]Cc3ccccc3)c2c1. The van der Waals surface area contributed by atoms with Crippen molar-refractivity contribution in [1.82, 2.24) is 9.97 Å². The molecule has 0 N–H and O–H groups in total. The number of hydrogen-bond donors (Lipinski definition) is 0. The van der Waals surface area contributed by atoms with E-state index >= 15 is 0 Å². The second kappa shape index (κ2) is 5.70. The molecule has 0 atom stereocenters. The van der Waals surface area contributed by atoms with E-state index in [-0.39, 0.29) is 15.0 Å². The van der Waals surface area contributed by atoms with Crippen molar-refractivity contribution in [2.45, 2.75) is 5.32 Å². The molecule has 2 aromatic carbocycles. The fraction of sp³-hybridized carbons (Fsp3) is 0.0667. The Morgan fingerprint density at radius 2 is 1.84 bits per heavy atom. The Kier molecular flexibility index (Phi) is 3.79. The number of rotatable bonds is 3. The molecule has 3 aromatic rings. The number of fused-ring (bicyclic) bond motifs is 1. The normalized spacial score (nSPS) is 10.8. The van der Waals surface area contributed by atoms with Gasteiger partial charge in [0.2, 0.25) is 0 Å². The summed E-state index contributed by atoms with van der Waals surface area (Å²) in [5.41, 5.74) is 2.31. The molecule has 0 spiro atoms. The summed E-state index contributed by atoms with van der Waals surface area (Å²) in [4.78, 5) is 8.70. The first-order valence-electron chi connectivity index (χ1n) is 5.90. The maximum absolute atomic E-state index is 6.06. The first-order valence-corrected chi connectivity index (χ1v) is 8.34. The number of nitrogens with zero attached hydrogens (tertiary/aromatic N) is 2. The third-order valence-corrected chi connectivity index (χ3v) is 5.27. The van der Waals surface area contributed by atoms with Gasteiger partial charge in [-0.15, -0.1) is 0 Å². The summed E-state index contributed by atoms with van der Waals surface area (Å²) in [6.07, 6.45) is 1.64. The van der Waals surface area contributed by atoms with Crippen molar-refractivity contribution in [3.63, 3.8) is 0 Å². The molecule has 0 radical (unpaired) electrons. The van der Waals surface area contributed by atoms with Crippen molar-refractivity contribution in [3.8, 4) is 0 Å². The van der Waals surface area contributed by atoms with E-state index in [2.05, 4.69) is 34.2 Å². The first kappa shape index (κ1) is 12.6. The van der Waals surface area contributed by atoms with Gasteiger partial charge in [0.15, 0.2) is 0 Å². The summed E-state index contributed by atoms with van der Waals surface area (Å²) in [7, 11) is 0. The van der Waals surface area contributed by atoms with Gasteiger partial charge in [-0.2, -0.15) is 0 Å². The molecule has 0 saturated carbocycles. The molecule has 0 aliphatic heterocycles. The van der Waals surface area contributed by atoms with Crippen LogP contribution in [0.25, 0.3) is 10.9 Å². The molecule has 1 aromatic heterocycles. The van der Waals surface area contributed by atoms with Crippen LogP contribution in [-0.4, -0.2) is 24.9 Å². The Bertz CT molecular complexity index is 701. The van der Waals surface area contributed by atoms with Gasteiger partial charge in [-0.25, -0.2) is 0 Å². The molecular weight excluding hydrogens is 323 g/mol.